The van der Waals surface area contributed by atoms with E-state index in [1.165, 1.54) is 7.11 Å². The maximum Gasteiger partial charge on any atom is 0.386 e. The molecule has 0 aliphatic rings. The highest BCUT2D eigenvalue weighted by Gasteiger charge is 2.15. The van der Waals surface area contributed by atoms with Crippen molar-refractivity contribution >= 4 is 24.2 Å². The highest BCUT2D eigenvalue weighted by molar-refractivity contribution is 6.14. The van der Waals surface area contributed by atoms with E-state index < -0.39 is 12.1 Å². The van der Waals surface area contributed by atoms with Gasteiger partial charge in [-0.3, -0.25) is 9.79 Å². The van der Waals surface area contributed by atoms with Crippen molar-refractivity contribution in [1.29, 1.82) is 0 Å². The van der Waals surface area contributed by atoms with Crippen molar-refractivity contribution in [3.63, 3.8) is 0 Å². The van der Waals surface area contributed by atoms with E-state index in [0.29, 0.717) is 17.5 Å². The van der Waals surface area contributed by atoms with E-state index in [9.17, 15) is 22.8 Å². The molecule has 0 aliphatic carbocycles. The van der Waals surface area contributed by atoms with E-state index in [0.717, 1.165) is 6.21 Å². The molecule has 0 unspecified atom stereocenters. The van der Waals surface area contributed by atoms with Gasteiger partial charge in [-0.15, -0.1) is 0 Å². The lowest BCUT2D eigenvalue weighted by Crippen LogP contribution is -2.01. The van der Waals surface area contributed by atoms with Crippen LogP contribution in [-0.2, 0) is 9.53 Å². The Morgan fingerprint density at radius 2 is 1.71 bits per heavy atom. The molecule has 0 bridgehead atoms. The van der Waals surface area contributed by atoms with Gasteiger partial charge in [-0.1, -0.05) is 26.0 Å². The number of carbonyl (C=O) groups is 2. The number of rotatable bonds is 3. The number of ether oxygens (including phenoxy) is 1. The van der Waals surface area contributed by atoms with Crippen molar-refractivity contribution in [3.05, 3.63) is 29.8 Å². The molecule has 0 saturated heterocycles. The Hall–Kier alpha value is -2.18. The van der Waals surface area contributed by atoms with Gasteiger partial charge in [0.25, 0.3) is 0 Å². The smallest absolute Gasteiger partial charge is 0.386 e. The Kier molecular flexibility index (Phi) is 11.7. The molecule has 4 nitrogen and oxygen atoms in total. The fraction of sp³-hybridized carbons (Fsp3) is 0.357. The number of nitrogens with zero attached hydrogens (tertiary/aromatic N) is 1. The molecule has 118 valence electrons. The van der Waals surface area contributed by atoms with E-state index >= 15 is 0 Å². The highest BCUT2D eigenvalue weighted by Crippen LogP contribution is 2.18. The molecule has 1 rings (SSSR count). The van der Waals surface area contributed by atoms with Crippen molar-refractivity contribution in [2.24, 2.45) is 4.99 Å². The monoisotopic (exact) mass is 305 g/mol. The van der Waals surface area contributed by atoms with Gasteiger partial charge in [-0.2, -0.15) is 13.2 Å². The first-order chi connectivity index (χ1) is 9.79. The summed E-state index contributed by atoms with van der Waals surface area (Å²) < 4.78 is 35.6. The lowest BCUT2D eigenvalue weighted by atomic mass is 10.2. The largest absolute Gasteiger partial charge is 0.465 e. The normalized spacial score (nSPS) is 9.86. The van der Waals surface area contributed by atoms with Crippen LogP contribution in [-0.4, -0.2) is 31.8 Å². The standard InChI is InChI=1S/C10H9NO3.C2H3F3.C2H6/c1-14-10(13)8-4-2-3-5-9(8)11-6-7-12;1-2(3,4)5;1-2/h2-7H,1H3;1H3;1-2H3. The molecular formula is C14H18F3NO3. The van der Waals surface area contributed by atoms with Gasteiger partial charge in [0.05, 0.1) is 24.6 Å². The van der Waals surface area contributed by atoms with Gasteiger partial charge >= 0.3 is 12.1 Å². The van der Waals surface area contributed by atoms with Gasteiger partial charge in [0.15, 0.2) is 6.29 Å². The number of aldehydes is 1. The SMILES string of the molecule is CC.CC(F)(F)F.COC(=O)c1ccccc1N=CC=O. The maximum atomic E-state index is 11.2. The number of methoxy groups -OCH3 is 1. The predicted octanol–water partition coefficient (Wildman–Crippen LogP) is 3.97. The molecule has 0 N–H and O–H groups in total. The number of aliphatic imine (C=N–C) groups is 1. The van der Waals surface area contributed by atoms with Gasteiger partial charge in [0, 0.05) is 6.92 Å². The maximum absolute atomic E-state index is 11.2. The summed E-state index contributed by atoms with van der Waals surface area (Å²) in [6.07, 6.45) is -2.37. The molecule has 0 atom stereocenters. The second kappa shape index (κ2) is 11.6. The minimum absolute atomic E-state index is 0.188. The first-order valence-electron chi connectivity index (χ1n) is 6.01. The van der Waals surface area contributed by atoms with Crippen LogP contribution in [0.1, 0.15) is 31.1 Å². The zero-order valence-electron chi connectivity index (χ0n) is 12.3. The second-order valence-corrected chi connectivity index (χ2v) is 3.20. The summed E-state index contributed by atoms with van der Waals surface area (Å²) >= 11 is 0. The predicted molar refractivity (Wildman–Crippen MR) is 75.1 cm³/mol. The number of para-hydroxylation sites is 1. The quantitative estimate of drug-likeness (QED) is 0.482. The third-order valence-corrected chi connectivity index (χ3v) is 1.58. The molecule has 0 saturated carbocycles. The molecule has 0 radical (unpaired) electrons. The lowest BCUT2D eigenvalue weighted by molar-refractivity contribution is -0.110. The summed E-state index contributed by atoms with van der Waals surface area (Å²) in [5, 5.41) is 0. The van der Waals surface area contributed by atoms with Crippen LogP contribution < -0.4 is 0 Å². The fourth-order valence-corrected chi connectivity index (χ4v) is 0.980. The number of halogens is 3. The van der Waals surface area contributed by atoms with Crippen molar-refractivity contribution in [2.75, 3.05) is 7.11 Å². The molecule has 0 amide bonds. The zero-order valence-corrected chi connectivity index (χ0v) is 12.3. The first-order valence-corrected chi connectivity index (χ1v) is 6.01. The van der Waals surface area contributed by atoms with E-state index in [-0.39, 0.29) is 6.92 Å². The average Bonchev–Trinajstić information content (AvgIpc) is 2.45. The van der Waals surface area contributed by atoms with Crippen molar-refractivity contribution in [3.8, 4) is 0 Å². The summed E-state index contributed by atoms with van der Waals surface area (Å²) in [7, 11) is 1.29. The summed E-state index contributed by atoms with van der Waals surface area (Å²) in [6.45, 7) is 4.19. The van der Waals surface area contributed by atoms with E-state index in [1.54, 1.807) is 24.3 Å². The summed E-state index contributed by atoms with van der Waals surface area (Å²) in [5.41, 5.74) is 0.763. The number of hydrogen-bond donors (Lipinski definition) is 0. The fourth-order valence-electron chi connectivity index (χ4n) is 0.980. The lowest BCUT2D eigenvalue weighted by Gasteiger charge is -2.01. The zero-order chi connectivity index (χ0) is 16.9. The van der Waals surface area contributed by atoms with E-state index in [1.807, 2.05) is 13.8 Å². The van der Waals surface area contributed by atoms with Crippen LogP contribution in [0.15, 0.2) is 29.3 Å². The molecule has 1 aromatic rings. The van der Waals surface area contributed by atoms with Crippen LogP contribution in [0, 0.1) is 0 Å². The third kappa shape index (κ3) is 12.6. The van der Waals surface area contributed by atoms with E-state index in [4.69, 9.17) is 0 Å². The Morgan fingerprint density at radius 3 is 2.14 bits per heavy atom. The molecule has 1 aromatic carbocycles. The summed E-state index contributed by atoms with van der Waals surface area (Å²) in [4.78, 5) is 25.1. The minimum Gasteiger partial charge on any atom is -0.465 e. The van der Waals surface area contributed by atoms with Crippen LogP contribution in [0.25, 0.3) is 0 Å². The van der Waals surface area contributed by atoms with Crippen LogP contribution in [0.4, 0.5) is 18.9 Å². The Bertz CT molecular complexity index is 451. The van der Waals surface area contributed by atoms with Crippen LogP contribution in [0.5, 0.6) is 0 Å². The number of hydrogen-bond acceptors (Lipinski definition) is 4. The van der Waals surface area contributed by atoms with Crippen molar-refractivity contribution < 1.29 is 27.5 Å². The topological polar surface area (TPSA) is 55.7 Å². The minimum atomic E-state index is -4.00. The number of alkyl halides is 3. The summed E-state index contributed by atoms with van der Waals surface area (Å²) in [5.74, 6) is -0.469. The number of benzene rings is 1. The first kappa shape index (κ1) is 21.1. The van der Waals surface area contributed by atoms with Gasteiger partial charge in [0.2, 0.25) is 0 Å². The highest BCUT2D eigenvalue weighted by atomic mass is 19.4. The summed E-state index contributed by atoms with van der Waals surface area (Å²) in [6, 6.07) is 6.64. The Morgan fingerprint density at radius 1 is 1.24 bits per heavy atom. The number of carbonyl (C=O) groups excluding carboxylic acids is 2. The van der Waals surface area contributed by atoms with Crippen molar-refractivity contribution in [2.45, 2.75) is 26.9 Å². The van der Waals surface area contributed by atoms with Crippen molar-refractivity contribution in [1.82, 2.24) is 0 Å². The molecule has 0 fully saturated rings. The average molecular weight is 305 g/mol. The molecule has 0 aromatic heterocycles. The van der Waals surface area contributed by atoms with Gasteiger partial charge in [-0.05, 0) is 12.1 Å². The molecule has 0 heterocycles. The molecule has 0 spiro atoms. The molecule has 7 heteroatoms. The van der Waals surface area contributed by atoms with Crippen LogP contribution >= 0.6 is 0 Å². The van der Waals surface area contributed by atoms with Gasteiger partial charge < -0.3 is 4.74 Å². The van der Waals surface area contributed by atoms with E-state index in [2.05, 4.69) is 9.73 Å². The Balaban J connectivity index is 0. The number of esters is 1. The molecular weight excluding hydrogens is 287 g/mol. The molecule has 0 aliphatic heterocycles. The molecule has 21 heavy (non-hydrogen) atoms. The second-order valence-electron chi connectivity index (χ2n) is 3.20. The van der Waals surface area contributed by atoms with Crippen LogP contribution in [0.2, 0.25) is 0 Å². The Labute approximate surface area is 121 Å². The van der Waals surface area contributed by atoms with Crippen LogP contribution in [0.3, 0.4) is 0 Å². The third-order valence-electron chi connectivity index (χ3n) is 1.58. The van der Waals surface area contributed by atoms with Gasteiger partial charge in [-0.25, -0.2) is 4.79 Å². The van der Waals surface area contributed by atoms with Gasteiger partial charge in [0.1, 0.15) is 0 Å².